The summed E-state index contributed by atoms with van der Waals surface area (Å²) in [6.45, 7) is 5.38. The average Bonchev–Trinajstić information content (AvgIpc) is 2.36. The second kappa shape index (κ2) is 4.74. The maximum atomic E-state index is 14.2. The molecule has 0 bridgehead atoms. The molecule has 2 atom stereocenters. The van der Waals surface area contributed by atoms with Crippen molar-refractivity contribution in [3.05, 3.63) is 30.3 Å². The van der Waals surface area contributed by atoms with Gasteiger partial charge in [-0.2, -0.15) is 0 Å². The summed E-state index contributed by atoms with van der Waals surface area (Å²) < 4.78 is 19.9. The SMILES string of the molecule is C[C@@H]1CN(c2cc3nccnc3cc2F)C[C@H](C)O1. The van der Waals surface area contributed by atoms with Crippen LogP contribution in [0, 0.1) is 5.82 Å². The Hall–Kier alpha value is -1.75. The van der Waals surface area contributed by atoms with Crippen LogP contribution < -0.4 is 4.90 Å². The summed E-state index contributed by atoms with van der Waals surface area (Å²) in [4.78, 5) is 10.4. The number of benzene rings is 1. The van der Waals surface area contributed by atoms with E-state index >= 15 is 0 Å². The van der Waals surface area contributed by atoms with Gasteiger partial charge in [0.1, 0.15) is 5.82 Å². The number of halogens is 1. The summed E-state index contributed by atoms with van der Waals surface area (Å²) in [5.41, 5.74) is 1.87. The van der Waals surface area contributed by atoms with E-state index in [-0.39, 0.29) is 18.0 Å². The van der Waals surface area contributed by atoms with Gasteiger partial charge in [-0.05, 0) is 19.9 Å². The average molecular weight is 261 g/mol. The Morgan fingerprint density at radius 1 is 1.11 bits per heavy atom. The first-order valence-electron chi connectivity index (χ1n) is 6.44. The Kier molecular flexibility index (Phi) is 3.06. The highest BCUT2D eigenvalue weighted by Gasteiger charge is 2.24. The number of rotatable bonds is 1. The van der Waals surface area contributed by atoms with Gasteiger partial charge in [0.2, 0.25) is 0 Å². The van der Waals surface area contributed by atoms with Gasteiger partial charge in [-0.25, -0.2) is 4.39 Å². The molecule has 3 rings (SSSR count). The highest BCUT2D eigenvalue weighted by Crippen LogP contribution is 2.26. The van der Waals surface area contributed by atoms with Gasteiger partial charge < -0.3 is 9.64 Å². The van der Waals surface area contributed by atoms with Crippen molar-refractivity contribution in [2.24, 2.45) is 0 Å². The van der Waals surface area contributed by atoms with Crippen LogP contribution in [0.4, 0.5) is 10.1 Å². The molecule has 1 aliphatic heterocycles. The Morgan fingerprint density at radius 2 is 1.68 bits per heavy atom. The molecule has 0 aliphatic carbocycles. The van der Waals surface area contributed by atoms with Crippen molar-refractivity contribution in [1.82, 2.24) is 9.97 Å². The van der Waals surface area contributed by atoms with Gasteiger partial charge in [0.15, 0.2) is 0 Å². The molecule has 0 N–H and O–H groups in total. The predicted molar refractivity (Wildman–Crippen MR) is 71.7 cm³/mol. The Balaban J connectivity index is 2.01. The molecule has 1 saturated heterocycles. The lowest BCUT2D eigenvalue weighted by Gasteiger charge is -2.37. The van der Waals surface area contributed by atoms with Crippen LogP contribution in [0.3, 0.4) is 0 Å². The van der Waals surface area contributed by atoms with E-state index < -0.39 is 0 Å². The van der Waals surface area contributed by atoms with E-state index in [9.17, 15) is 4.39 Å². The molecule has 1 fully saturated rings. The second-order valence-corrected chi connectivity index (χ2v) is 5.01. The van der Waals surface area contributed by atoms with Crippen molar-refractivity contribution in [1.29, 1.82) is 0 Å². The maximum absolute atomic E-state index is 14.2. The van der Waals surface area contributed by atoms with Gasteiger partial charge in [-0.15, -0.1) is 0 Å². The highest BCUT2D eigenvalue weighted by molar-refractivity contribution is 5.79. The zero-order valence-corrected chi connectivity index (χ0v) is 11.0. The summed E-state index contributed by atoms with van der Waals surface area (Å²) in [7, 11) is 0. The van der Waals surface area contributed by atoms with E-state index in [1.54, 1.807) is 18.5 Å². The Labute approximate surface area is 111 Å². The number of hydrogen-bond donors (Lipinski definition) is 0. The van der Waals surface area contributed by atoms with Crippen LogP contribution in [0.2, 0.25) is 0 Å². The molecule has 0 radical (unpaired) electrons. The Bertz CT molecular complexity index is 594. The van der Waals surface area contributed by atoms with Crippen molar-refractivity contribution in [2.45, 2.75) is 26.1 Å². The summed E-state index contributed by atoms with van der Waals surface area (Å²) >= 11 is 0. The van der Waals surface area contributed by atoms with E-state index in [2.05, 4.69) is 9.97 Å². The lowest BCUT2D eigenvalue weighted by molar-refractivity contribution is -0.00538. The monoisotopic (exact) mass is 261 g/mol. The van der Waals surface area contributed by atoms with Crippen molar-refractivity contribution in [3.63, 3.8) is 0 Å². The molecule has 0 spiro atoms. The van der Waals surface area contributed by atoms with Crippen LogP contribution >= 0.6 is 0 Å². The number of fused-ring (bicyclic) bond motifs is 1. The fourth-order valence-electron chi connectivity index (χ4n) is 2.59. The molecule has 19 heavy (non-hydrogen) atoms. The number of ether oxygens (including phenoxy) is 1. The van der Waals surface area contributed by atoms with Crippen LogP contribution in [-0.2, 0) is 4.74 Å². The molecule has 0 amide bonds. The summed E-state index contributed by atoms with van der Waals surface area (Å²) in [5, 5.41) is 0. The third kappa shape index (κ3) is 2.38. The lowest BCUT2D eigenvalue weighted by atomic mass is 10.1. The van der Waals surface area contributed by atoms with Crippen molar-refractivity contribution < 1.29 is 9.13 Å². The fourth-order valence-corrected chi connectivity index (χ4v) is 2.59. The molecule has 0 saturated carbocycles. The molecule has 5 heteroatoms. The van der Waals surface area contributed by atoms with Crippen molar-refractivity contribution in [2.75, 3.05) is 18.0 Å². The largest absolute Gasteiger partial charge is 0.372 e. The van der Waals surface area contributed by atoms with Gasteiger partial charge in [0.05, 0.1) is 28.9 Å². The van der Waals surface area contributed by atoms with Crippen LogP contribution in [0.5, 0.6) is 0 Å². The van der Waals surface area contributed by atoms with Crippen LogP contribution in [0.25, 0.3) is 11.0 Å². The summed E-state index contributed by atoms with van der Waals surface area (Å²) in [6, 6.07) is 3.21. The van der Waals surface area contributed by atoms with Crippen LogP contribution in [-0.4, -0.2) is 35.3 Å². The molecular formula is C14H16FN3O. The first-order valence-corrected chi connectivity index (χ1v) is 6.44. The number of nitrogens with zero attached hydrogens (tertiary/aromatic N) is 3. The molecule has 2 heterocycles. The smallest absolute Gasteiger partial charge is 0.148 e. The third-order valence-corrected chi connectivity index (χ3v) is 3.30. The summed E-state index contributed by atoms with van der Waals surface area (Å²) in [5.74, 6) is -0.255. The predicted octanol–water partition coefficient (Wildman–Crippen LogP) is 2.38. The standard InChI is InChI=1S/C14H16FN3O/c1-9-7-18(8-10(2)19-9)14-6-13-12(5-11(14)15)16-3-4-17-13/h3-6,9-10H,7-8H2,1-2H3/t9-,10+. The van der Waals surface area contributed by atoms with Gasteiger partial charge >= 0.3 is 0 Å². The van der Waals surface area contributed by atoms with Gasteiger partial charge in [-0.1, -0.05) is 0 Å². The molecule has 0 unspecified atom stereocenters. The van der Waals surface area contributed by atoms with Crippen molar-refractivity contribution >= 4 is 16.7 Å². The number of morpholine rings is 1. The number of aromatic nitrogens is 2. The Morgan fingerprint density at radius 3 is 2.32 bits per heavy atom. The molecule has 4 nitrogen and oxygen atoms in total. The minimum atomic E-state index is -0.255. The van der Waals surface area contributed by atoms with E-state index in [0.717, 1.165) is 0 Å². The minimum absolute atomic E-state index is 0.0979. The molecule has 1 aromatic carbocycles. The topological polar surface area (TPSA) is 38.2 Å². The number of hydrogen-bond acceptors (Lipinski definition) is 4. The third-order valence-electron chi connectivity index (χ3n) is 3.30. The molecule has 1 aromatic heterocycles. The summed E-state index contributed by atoms with van der Waals surface area (Å²) in [6.07, 6.45) is 3.39. The molecule has 100 valence electrons. The second-order valence-electron chi connectivity index (χ2n) is 5.01. The van der Waals surface area contributed by atoms with Crippen LogP contribution in [0.15, 0.2) is 24.5 Å². The first kappa shape index (κ1) is 12.3. The first-order chi connectivity index (χ1) is 9.13. The van der Waals surface area contributed by atoms with Crippen molar-refractivity contribution in [3.8, 4) is 0 Å². The van der Waals surface area contributed by atoms with Gasteiger partial charge in [0.25, 0.3) is 0 Å². The van der Waals surface area contributed by atoms with E-state index in [1.807, 2.05) is 18.7 Å². The van der Waals surface area contributed by atoms with E-state index in [0.29, 0.717) is 29.8 Å². The zero-order valence-electron chi connectivity index (χ0n) is 11.0. The van der Waals surface area contributed by atoms with E-state index in [1.165, 1.54) is 6.07 Å². The minimum Gasteiger partial charge on any atom is -0.372 e. The van der Waals surface area contributed by atoms with Gasteiger partial charge in [-0.3, -0.25) is 9.97 Å². The van der Waals surface area contributed by atoms with Gasteiger partial charge in [0, 0.05) is 31.5 Å². The molecule has 1 aliphatic rings. The normalized spacial score (nSPS) is 23.8. The fraction of sp³-hybridized carbons (Fsp3) is 0.429. The van der Waals surface area contributed by atoms with Crippen LogP contribution in [0.1, 0.15) is 13.8 Å². The molecule has 2 aromatic rings. The number of anilines is 1. The maximum Gasteiger partial charge on any atom is 0.148 e. The zero-order chi connectivity index (χ0) is 13.4. The quantitative estimate of drug-likeness (QED) is 0.790. The lowest BCUT2D eigenvalue weighted by Crippen LogP contribution is -2.45. The molecular weight excluding hydrogens is 245 g/mol. The van der Waals surface area contributed by atoms with E-state index in [4.69, 9.17) is 4.74 Å². The highest BCUT2D eigenvalue weighted by atomic mass is 19.1.